The summed E-state index contributed by atoms with van der Waals surface area (Å²) in [7, 11) is 0. The Kier molecular flexibility index (Phi) is 4.69. The average molecular weight is 124 g/mol. The van der Waals surface area contributed by atoms with E-state index >= 15 is 0 Å². The van der Waals surface area contributed by atoms with Gasteiger partial charge in [-0.3, -0.25) is 9.98 Å². The van der Waals surface area contributed by atoms with Gasteiger partial charge in [0.15, 0.2) is 0 Å². The van der Waals surface area contributed by atoms with Crippen LogP contribution in [0.1, 0.15) is 20.8 Å². The zero-order chi connectivity index (χ0) is 7.11. The summed E-state index contributed by atoms with van der Waals surface area (Å²) in [5, 5.41) is 0. The molecule has 2 nitrogen and oxygen atoms in total. The first-order valence-corrected chi connectivity index (χ1v) is 2.94. The fourth-order valence-electron chi connectivity index (χ4n) is 0.419. The number of hydrogen-bond acceptors (Lipinski definition) is 2. The molecule has 2 heteroatoms. The van der Waals surface area contributed by atoms with Crippen LogP contribution in [0.5, 0.6) is 0 Å². The molecule has 50 valence electrons. The van der Waals surface area contributed by atoms with E-state index < -0.39 is 0 Å². The molecule has 0 atom stereocenters. The predicted molar refractivity (Wildman–Crippen MR) is 42.1 cm³/mol. The molecule has 0 aliphatic heterocycles. The maximum atomic E-state index is 3.98. The highest BCUT2D eigenvalue weighted by Gasteiger charge is 1.74. The second-order valence-electron chi connectivity index (χ2n) is 1.57. The minimum Gasteiger partial charge on any atom is -0.267 e. The highest BCUT2D eigenvalue weighted by atomic mass is 14.8. The van der Waals surface area contributed by atoms with Crippen molar-refractivity contribution in [1.82, 2.24) is 0 Å². The van der Waals surface area contributed by atoms with Crippen molar-refractivity contribution in [2.45, 2.75) is 20.8 Å². The fraction of sp³-hybridized carbons (Fsp3) is 0.429. The second-order valence-corrected chi connectivity index (χ2v) is 1.57. The molecule has 0 amide bonds. The molecule has 0 N–H and O–H groups in total. The Labute approximate surface area is 56.0 Å². The molecular weight excluding hydrogens is 112 g/mol. The van der Waals surface area contributed by atoms with Crippen LogP contribution in [0.25, 0.3) is 0 Å². The normalized spacial score (nSPS) is 13.9. The molecule has 0 fully saturated rings. The first-order valence-electron chi connectivity index (χ1n) is 2.94. The van der Waals surface area contributed by atoms with Crippen LogP contribution in [-0.2, 0) is 0 Å². The van der Waals surface area contributed by atoms with Gasteiger partial charge in [-0.25, -0.2) is 0 Å². The van der Waals surface area contributed by atoms with Gasteiger partial charge in [0, 0.05) is 18.6 Å². The summed E-state index contributed by atoms with van der Waals surface area (Å²) >= 11 is 0. The molecule has 0 aromatic heterocycles. The molecule has 0 radical (unpaired) electrons. The van der Waals surface area contributed by atoms with Gasteiger partial charge in [0.1, 0.15) is 0 Å². The number of hydrogen-bond donors (Lipinski definition) is 0. The summed E-state index contributed by atoms with van der Waals surface area (Å²) in [4.78, 5) is 7.87. The predicted octanol–water partition coefficient (Wildman–Crippen LogP) is 2.03. The molecule has 0 spiro atoms. The zero-order valence-electron chi connectivity index (χ0n) is 6.13. The molecule has 0 bridgehead atoms. The van der Waals surface area contributed by atoms with Gasteiger partial charge in [-0.2, -0.15) is 0 Å². The SMILES string of the molecule is CC=N/C=C(\C)N=CC. The molecule has 0 aliphatic carbocycles. The third-order valence-corrected chi connectivity index (χ3v) is 0.743. The molecule has 0 saturated carbocycles. The molecule has 9 heavy (non-hydrogen) atoms. The minimum atomic E-state index is 0.926. The van der Waals surface area contributed by atoms with Gasteiger partial charge in [-0.15, -0.1) is 0 Å². The smallest absolute Gasteiger partial charge is 0.0550 e. The van der Waals surface area contributed by atoms with E-state index in [0.29, 0.717) is 0 Å². The first kappa shape index (κ1) is 8.08. The van der Waals surface area contributed by atoms with Gasteiger partial charge >= 0.3 is 0 Å². The lowest BCUT2D eigenvalue weighted by molar-refractivity contribution is 1.27. The van der Waals surface area contributed by atoms with Crippen molar-refractivity contribution in [2.75, 3.05) is 0 Å². The van der Waals surface area contributed by atoms with Crippen LogP contribution in [0, 0.1) is 0 Å². The van der Waals surface area contributed by atoms with E-state index in [4.69, 9.17) is 0 Å². The van der Waals surface area contributed by atoms with Crippen molar-refractivity contribution in [2.24, 2.45) is 9.98 Å². The van der Waals surface area contributed by atoms with E-state index in [0.717, 1.165) is 5.70 Å². The Hall–Kier alpha value is -0.920. The highest BCUT2D eigenvalue weighted by Crippen LogP contribution is 1.91. The van der Waals surface area contributed by atoms with E-state index in [1.165, 1.54) is 0 Å². The van der Waals surface area contributed by atoms with Crippen LogP contribution < -0.4 is 0 Å². The Bertz CT molecular complexity index is 143. The van der Waals surface area contributed by atoms with Crippen LogP contribution in [0.3, 0.4) is 0 Å². The summed E-state index contributed by atoms with van der Waals surface area (Å²) in [5.74, 6) is 0. The Balaban J connectivity index is 3.84. The van der Waals surface area contributed by atoms with E-state index in [-0.39, 0.29) is 0 Å². The van der Waals surface area contributed by atoms with Gasteiger partial charge in [0.05, 0.1) is 5.70 Å². The summed E-state index contributed by atoms with van der Waals surface area (Å²) < 4.78 is 0. The van der Waals surface area contributed by atoms with Crippen LogP contribution >= 0.6 is 0 Å². The van der Waals surface area contributed by atoms with Crippen molar-refractivity contribution >= 4 is 12.4 Å². The Morgan fingerprint density at radius 2 is 1.89 bits per heavy atom. The van der Waals surface area contributed by atoms with E-state index in [1.54, 1.807) is 18.6 Å². The standard InChI is InChI=1S/C7H12N2/c1-4-8-6-7(3)9-5-2/h4-6H,1-3H3/b7-6+,8-4?,9-5?. The van der Waals surface area contributed by atoms with Crippen LogP contribution in [0.15, 0.2) is 21.9 Å². The third-order valence-electron chi connectivity index (χ3n) is 0.743. The summed E-state index contributed by atoms with van der Waals surface area (Å²) in [6.07, 6.45) is 5.20. The van der Waals surface area contributed by atoms with Gasteiger partial charge in [-0.05, 0) is 20.8 Å². The zero-order valence-corrected chi connectivity index (χ0v) is 6.13. The number of allylic oxidation sites excluding steroid dienone is 1. The maximum Gasteiger partial charge on any atom is 0.0550 e. The molecule has 0 rings (SSSR count). The van der Waals surface area contributed by atoms with Crippen molar-refractivity contribution < 1.29 is 0 Å². The van der Waals surface area contributed by atoms with Crippen LogP contribution in [0.2, 0.25) is 0 Å². The largest absolute Gasteiger partial charge is 0.267 e. The van der Waals surface area contributed by atoms with Gasteiger partial charge in [0.2, 0.25) is 0 Å². The van der Waals surface area contributed by atoms with E-state index in [9.17, 15) is 0 Å². The minimum absolute atomic E-state index is 0.926. The first-order chi connectivity index (χ1) is 4.31. The second kappa shape index (κ2) is 5.22. The fourth-order valence-corrected chi connectivity index (χ4v) is 0.419. The number of aliphatic imine (C=N–C) groups is 2. The summed E-state index contributed by atoms with van der Waals surface area (Å²) in [6, 6.07) is 0. The topological polar surface area (TPSA) is 24.7 Å². The number of rotatable bonds is 2. The van der Waals surface area contributed by atoms with E-state index in [2.05, 4.69) is 9.98 Å². The van der Waals surface area contributed by atoms with Gasteiger partial charge in [0.25, 0.3) is 0 Å². The molecule has 0 saturated heterocycles. The maximum absolute atomic E-state index is 3.98. The van der Waals surface area contributed by atoms with E-state index in [1.807, 2.05) is 20.8 Å². The average Bonchev–Trinajstić information content (AvgIpc) is 1.85. The Morgan fingerprint density at radius 3 is 2.33 bits per heavy atom. The lowest BCUT2D eigenvalue weighted by Crippen LogP contribution is -1.67. The number of nitrogens with zero attached hydrogens (tertiary/aromatic N) is 2. The summed E-state index contributed by atoms with van der Waals surface area (Å²) in [5.41, 5.74) is 0.926. The molecule has 0 aromatic carbocycles. The lowest BCUT2D eigenvalue weighted by Gasteiger charge is -1.83. The monoisotopic (exact) mass is 124 g/mol. The third kappa shape index (κ3) is 4.94. The molecular formula is C7H12N2. The lowest BCUT2D eigenvalue weighted by atomic mass is 10.5. The van der Waals surface area contributed by atoms with Crippen molar-refractivity contribution in [3.05, 3.63) is 11.9 Å². The van der Waals surface area contributed by atoms with Crippen LogP contribution in [0.4, 0.5) is 0 Å². The summed E-state index contributed by atoms with van der Waals surface area (Å²) in [6.45, 7) is 5.67. The Morgan fingerprint density at radius 1 is 1.22 bits per heavy atom. The van der Waals surface area contributed by atoms with Crippen molar-refractivity contribution in [1.29, 1.82) is 0 Å². The molecule has 0 unspecified atom stereocenters. The quantitative estimate of drug-likeness (QED) is 0.503. The molecule has 0 aromatic rings. The van der Waals surface area contributed by atoms with Crippen LogP contribution in [-0.4, -0.2) is 12.4 Å². The molecule has 0 aliphatic rings. The van der Waals surface area contributed by atoms with Gasteiger partial charge in [-0.1, -0.05) is 0 Å². The van der Waals surface area contributed by atoms with Crippen molar-refractivity contribution in [3.63, 3.8) is 0 Å². The van der Waals surface area contributed by atoms with Crippen molar-refractivity contribution in [3.8, 4) is 0 Å². The highest BCUT2D eigenvalue weighted by molar-refractivity contribution is 5.56. The molecule has 0 heterocycles. The van der Waals surface area contributed by atoms with Gasteiger partial charge < -0.3 is 0 Å².